The molecule has 1 N–H and O–H groups in total. The lowest BCUT2D eigenvalue weighted by molar-refractivity contribution is 0.101. The molecule has 0 amide bonds. The average molecular weight is 357 g/mol. The van der Waals surface area contributed by atoms with Gasteiger partial charge in [0.15, 0.2) is 5.78 Å². The maximum Gasteiger partial charge on any atom is 0.241 e. The summed E-state index contributed by atoms with van der Waals surface area (Å²) in [6, 6.07) is 13.5. The van der Waals surface area contributed by atoms with Crippen molar-refractivity contribution in [3.05, 3.63) is 59.7 Å². The first-order valence-corrected chi connectivity index (χ1v) is 9.13. The van der Waals surface area contributed by atoms with Gasteiger partial charge in [-0.2, -0.15) is 4.72 Å². The SMILES string of the molecule is CC(=O)c1cccc(S(=O)(=O)NCC#CCOc2ccccc2C)c1. The van der Waals surface area contributed by atoms with Gasteiger partial charge in [-0.3, -0.25) is 4.79 Å². The minimum absolute atomic E-state index is 0.0379. The molecule has 0 fully saturated rings. The van der Waals surface area contributed by atoms with Gasteiger partial charge >= 0.3 is 0 Å². The third-order valence-corrected chi connectivity index (χ3v) is 4.82. The van der Waals surface area contributed by atoms with E-state index in [0.717, 1.165) is 11.3 Å². The van der Waals surface area contributed by atoms with Gasteiger partial charge in [-0.05, 0) is 37.6 Å². The van der Waals surface area contributed by atoms with Crippen molar-refractivity contribution < 1.29 is 17.9 Å². The molecule has 0 unspecified atom stereocenters. The molecule has 5 nitrogen and oxygen atoms in total. The third kappa shape index (κ3) is 5.45. The van der Waals surface area contributed by atoms with E-state index >= 15 is 0 Å². The topological polar surface area (TPSA) is 72.5 Å². The molecule has 2 aromatic rings. The van der Waals surface area contributed by atoms with Crippen LogP contribution in [0.25, 0.3) is 0 Å². The Kier molecular flexibility index (Phi) is 6.34. The summed E-state index contributed by atoms with van der Waals surface area (Å²) >= 11 is 0. The van der Waals surface area contributed by atoms with E-state index < -0.39 is 10.0 Å². The summed E-state index contributed by atoms with van der Waals surface area (Å²) in [7, 11) is -3.71. The predicted molar refractivity (Wildman–Crippen MR) is 96.1 cm³/mol. The van der Waals surface area contributed by atoms with Crippen LogP contribution >= 0.6 is 0 Å². The number of ether oxygens (including phenoxy) is 1. The van der Waals surface area contributed by atoms with Crippen LogP contribution in [0.4, 0.5) is 0 Å². The normalized spacial score (nSPS) is 10.6. The molecule has 0 aliphatic heterocycles. The number of hydrogen-bond donors (Lipinski definition) is 1. The van der Waals surface area contributed by atoms with Gasteiger partial charge in [0.25, 0.3) is 0 Å². The van der Waals surface area contributed by atoms with Crippen LogP contribution in [0.2, 0.25) is 0 Å². The van der Waals surface area contributed by atoms with Gasteiger partial charge in [0.2, 0.25) is 10.0 Å². The van der Waals surface area contributed by atoms with E-state index in [2.05, 4.69) is 16.6 Å². The van der Waals surface area contributed by atoms with Crippen LogP contribution < -0.4 is 9.46 Å². The first kappa shape index (κ1) is 18.7. The summed E-state index contributed by atoms with van der Waals surface area (Å²) in [5, 5.41) is 0. The minimum Gasteiger partial charge on any atom is -0.481 e. The average Bonchev–Trinajstić information content (AvgIpc) is 2.59. The van der Waals surface area contributed by atoms with Gasteiger partial charge in [-0.1, -0.05) is 42.2 Å². The Morgan fingerprint density at radius 1 is 1.12 bits per heavy atom. The number of sulfonamides is 1. The Morgan fingerprint density at radius 2 is 1.88 bits per heavy atom. The molecular formula is C19H19NO4S. The summed E-state index contributed by atoms with van der Waals surface area (Å²) in [5.74, 6) is 6.03. The summed E-state index contributed by atoms with van der Waals surface area (Å²) in [6.07, 6.45) is 0. The zero-order chi connectivity index (χ0) is 18.3. The Labute approximate surface area is 148 Å². The third-order valence-electron chi connectivity index (χ3n) is 3.42. The van der Waals surface area contributed by atoms with Crippen molar-refractivity contribution in [1.29, 1.82) is 0 Å². The molecule has 0 bridgehead atoms. The molecule has 0 aliphatic rings. The largest absolute Gasteiger partial charge is 0.481 e. The lowest BCUT2D eigenvalue weighted by Crippen LogP contribution is -2.24. The van der Waals surface area contributed by atoms with E-state index in [1.54, 1.807) is 6.07 Å². The molecule has 25 heavy (non-hydrogen) atoms. The molecule has 6 heteroatoms. The van der Waals surface area contributed by atoms with Crippen LogP contribution in [0.1, 0.15) is 22.8 Å². The molecular weight excluding hydrogens is 338 g/mol. The Morgan fingerprint density at radius 3 is 2.60 bits per heavy atom. The second-order valence-electron chi connectivity index (χ2n) is 5.32. The molecule has 0 spiro atoms. The number of carbonyl (C=O) groups excluding carboxylic acids is 1. The molecule has 0 aliphatic carbocycles. The number of benzene rings is 2. The first-order chi connectivity index (χ1) is 11.9. The standard InChI is InChI=1S/C19H19NO4S/c1-15-8-3-4-11-19(15)24-13-6-5-12-20-25(22,23)18-10-7-9-17(14-18)16(2)21/h3-4,7-11,14,20H,12-13H2,1-2H3. The summed E-state index contributed by atoms with van der Waals surface area (Å²) in [4.78, 5) is 11.4. The van der Waals surface area contributed by atoms with Gasteiger partial charge in [0.1, 0.15) is 12.4 Å². The molecule has 2 aromatic carbocycles. The Balaban J connectivity index is 1.90. The second kappa shape index (κ2) is 8.47. The monoisotopic (exact) mass is 357 g/mol. The number of carbonyl (C=O) groups is 1. The number of para-hydroxylation sites is 1. The van der Waals surface area contributed by atoms with E-state index in [1.165, 1.54) is 25.1 Å². The second-order valence-corrected chi connectivity index (χ2v) is 7.08. The summed E-state index contributed by atoms with van der Waals surface area (Å²) in [6.45, 7) is 3.46. The fraction of sp³-hybridized carbons (Fsp3) is 0.211. The highest BCUT2D eigenvalue weighted by atomic mass is 32.2. The van der Waals surface area contributed by atoms with Gasteiger partial charge in [0, 0.05) is 5.56 Å². The zero-order valence-corrected chi connectivity index (χ0v) is 14.9. The van der Waals surface area contributed by atoms with Gasteiger partial charge < -0.3 is 4.74 Å². The molecule has 130 valence electrons. The molecule has 0 aromatic heterocycles. The van der Waals surface area contributed by atoms with Crippen LogP contribution in [-0.2, 0) is 10.0 Å². The summed E-state index contributed by atoms with van der Waals surface area (Å²) in [5.41, 5.74) is 1.36. The quantitative estimate of drug-likeness (QED) is 0.637. The first-order valence-electron chi connectivity index (χ1n) is 7.65. The fourth-order valence-corrected chi connectivity index (χ4v) is 3.01. The minimum atomic E-state index is -3.71. The van der Waals surface area contributed by atoms with Gasteiger partial charge in [-0.15, -0.1) is 0 Å². The number of ketones is 1. The van der Waals surface area contributed by atoms with E-state index in [-0.39, 0.29) is 23.8 Å². The predicted octanol–water partition coefficient (Wildman–Crippen LogP) is 2.56. The van der Waals surface area contributed by atoms with Crippen molar-refractivity contribution in [3.8, 4) is 17.6 Å². The number of aryl methyl sites for hydroxylation is 1. The highest BCUT2D eigenvalue weighted by Gasteiger charge is 2.14. The molecule has 0 radical (unpaired) electrons. The smallest absolute Gasteiger partial charge is 0.241 e. The number of nitrogens with one attached hydrogen (secondary N) is 1. The molecule has 0 saturated carbocycles. The highest BCUT2D eigenvalue weighted by molar-refractivity contribution is 7.89. The van der Waals surface area contributed by atoms with E-state index in [4.69, 9.17) is 4.74 Å². The maximum atomic E-state index is 12.2. The number of hydrogen-bond acceptors (Lipinski definition) is 4. The highest BCUT2D eigenvalue weighted by Crippen LogP contribution is 2.15. The molecule has 2 rings (SSSR count). The van der Waals surface area contributed by atoms with Crippen molar-refractivity contribution in [3.63, 3.8) is 0 Å². The maximum absolute atomic E-state index is 12.2. The van der Waals surface area contributed by atoms with E-state index in [1.807, 2.05) is 31.2 Å². The summed E-state index contributed by atoms with van der Waals surface area (Å²) < 4.78 is 32.3. The van der Waals surface area contributed by atoms with Crippen molar-refractivity contribution in [1.82, 2.24) is 4.72 Å². The van der Waals surface area contributed by atoms with Crippen molar-refractivity contribution in [2.24, 2.45) is 0 Å². The van der Waals surface area contributed by atoms with E-state index in [0.29, 0.717) is 5.56 Å². The van der Waals surface area contributed by atoms with Crippen LogP contribution in [0.5, 0.6) is 5.75 Å². The van der Waals surface area contributed by atoms with Crippen LogP contribution in [0.15, 0.2) is 53.4 Å². The lowest BCUT2D eigenvalue weighted by Gasteiger charge is -2.05. The van der Waals surface area contributed by atoms with Crippen LogP contribution in [-0.4, -0.2) is 27.4 Å². The van der Waals surface area contributed by atoms with Crippen molar-refractivity contribution >= 4 is 15.8 Å². The molecule has 0 heterocycles. The number of Topliss-reactive ketones (excluding diaryl/α,β-unsaturated/α-hetero) is 1. The number of rotatable bonds is 6. The van der Waals surface area contributed by atoms with Gasteiger partial charge in [-0.25, -0.2) is 8.42 Å². The zero-order valence-electron chi connectivity index (χ0n) is 14.1. The molecule has 0 atom stereocenters. The van der Waals surface area contributed by atoms with Crippen LogP contribution in [0.3, 0.4) is 0 Å². The van der Waals surface area contributed by atoms with Gasteiger partial charge in [0.05, 0.1) is 11.4 Å². The molecule has 0 saturated heterocycles. The van der Waals surface area contributed by atoms with Crippen LogP contribution in [0, 0.1) is 18.8 Å². The Hall–Kier alpha value is -2.62. The van der Waals surface area contributed by atoms with Crippen molar-refractivity contribution in [2.75, 3.05) is 13.2 Å². The Bertz CT molecular complexity index is 924. The van der Waals surface area contributed by atoms with E-state index in [9.17, 15) is 13.2 Å². The van der Waals surface area contributed by atoms with Crippen molar-refractivity contribution in [2.45, 2.75) is 18.7 Å². The fourth-order valence-electron chi connectivity index (χ4n) is 2.04. The lowest BCUT2D eigenvalue weighted by atomic mass is 10.2.